The Morgan fingerprint density at radius 2 is 1.81 bits per heavy atom. The minimum absolute atomic E-state index is 0.193. The van der Waals surface area contributed by atoms with Gasteiger partial charge in [-0.2, -0.15) is 0 Å². The summed E-state index contributed by atoms with van der Waals surface area (Å²) in [6.07, 6.45) is -0.229. The summed E-state index contributed by atoms with van der Waals surface area (Å²) >= 11 is 0. The smallest absolute Gasteiger partial charge is 0.258 e. The van der Waals surface area contributed by atoms with Crippen molar-refractivity contribution in [3.8, 4) is 17.2 Å². The van der Waals surface area contributed by atoms with Crippen molar-refractivity contribution in [3.63, 3.8) is 0 Å². The van der Waals surface area contributed by atoms with Crippen molar-refractivity contribution in [2.45, 2.75) is 25.2 Å². The van der Waals surface area contributed by atoms with Crippen molar-refractivity contribution in [2.24, 2.45) is 0 Å². The van der Waals surface area contributed by atoms with Gasteiger partial charge in [-0.25, -0.2) is 0 Å². The number of ether oxygens (including phenoxy) is 3. The van der Waals surface area contributed by atoms with E-state index < -0.39 is 0 Å². The van der Waals surface area contributed by atoms with Crippen LogP contribution in [0.3, 0.4) is 0 Å². The van der Waals surface area contributed by atoms with Gasteiger partial charge >= 0.3 is 0 Å². The van der Waals surface area contributed by atoms with Gasteiger partial charge in [-0.15, -0.1) is 0 Å². The van der Waals surface area contributed by atoms with E-state index in [2.05, 4.69) is 27.7 Å². The van der Waals surface area contributed by atoms with Gasteiger partial charge in [0.1, 0.15) is 11.9 Å². The van der Waals surface area contributed by atoms with E-state index in [9.17, 15) is 9.59 Å². The molecule has 0 unspecified atom stereocenters. The fourth-order valence-electron chi connectivity index (χ4n) is 4.52. The Hall–Kier alpha value is -4.04. The summed E-state index contributed by atoms with van der Waals surface area (Å²) in [7, 11) is 1.52. The van der Waals surface area contributed by atoms with Crippen LogP contribution in [0.2, 0.25) is 0 Å². The molecule has 3 aromatic rings. The van der Waals surface area contributed by atoms with E-state index in [1.165, 1.54) is 12.7 Å². The quantitative estimate of drug-likeness (QED) is 0.591. The summed E-state index contributed by atoms with van der Waals surface area (Å²) in [4.78, 5) is 27.9. The van der Waals surface area contributed by atoms with Gasteiger partial charge in [-0.1, -0.05) is 42.5 Å². The van der Waals surface area contributed by atoms with Crippen molar-refractivity contribution >= 4 is 11.8 Å². The molecule has 1 fully saturated rings. The molecule has 3 aliphatic rings. The summed E-state index contributed by atoms with van der Waals surface area (Å²) in [5.41, 5.74) is 2.57. The average molecular weight is 488 g/mol. The minimum Gasteiger partial charge on any atom is -0.493 e. The van der Waals surface area contributed by atoms with Crippen LogP contribution < -0.4 is 24.8 Å². The van der Waals surface area contributed by atoms with E-state index in [4.69, 9.17) is 14.2 Å². The summed E-state index contributed by atoms with van der Waals surface area (Å²) in [6, 6.07) is 22.6. The van der Waals surface area contributed by atoms with Gasteiger partial charge < -0.3 is 24.8 Å². The monoisotopic (exact) mass is 487 g/mol. The maximum atomic E-state index is 13.3. The molecule has 0 spiro atoms. The van der Waals surface area contributed by atoms with Gasteiger partial charge in [0, 0.05) is 31.7 Å². The molecule has 1 saturated heterocycles. The third kappa shape index (κ3) is 5.60. The number of hydrogen-bond donors (Lipinski definition) is 2. The Kier molecular flexibility index (Phi) is 7.04. The number of carbonyl (C=O) groups is 2. The van der Waals surface area contributed by atoms with E-state index in [1.807, 2.05) is 42.5 Å². The highest BCUT2D eigenvalue weighted by molar-refractivity contribution is 5.95. The summed E-state index contributed by atoms with van der Waals surface area (Å²) in [5.74, 6) is 0.980. The van der Waals surface area contributed by atoms with Crippen molar-refractivity contribution in [3.05, 3.63) is 89.5 Å². The highest BCUT2D eigenvalue weighted by atomic mass is 16.5. The fraction of sp³-hybridized carbons (Fsp3) is 0.286. The molecule has 0 aliphatic carbocycles. The zero-order valence-corrected chi connectivity index (χ0v) is 20.1. The van der Waals surface area contributed by atoms with Crippen LogP contribution >= 0.6 is 0 Å². The van der Waals surface area contributed by atoms with Gasteiger partial charge in [0.15, 0.2) is 18.1 Å². The molecular weight excluding hydrogens is 458 g/mol. The van der Waals surface area contributed by atoms with Crippen molar-refractivity contribution in [2.75, 3.05) is 26.8 Å². The van der Waals surface area contributed by atoms with Gasteiger partial charge in [0.25, 0.3) is 11.8 Å². The predicted octanol–water partition coefficient (Wildman–Crippen LogP) is 2.77. The number of amides is 2. The number of hydrogen-bond acceptors (Lipinski definition) is 6. The molecule has 2 amide bonds. The first-order valence-electron chi connectivity index (χ1n) is 12.0. The topological polar surface area (TPSA) is 89.1 Å². The number of nitrogens with zero attached hydrogens (tertiary/aromatic N) is 1. The lowest BCUT2D eigenvalue weighted by molar-refractivity contribution is -0.123. The molecule has 0 saturated carbocycles. The van der Waals surface area contributed by atoms with E-state index in [1.54, 1.807) is 18.2 Å². The fourth-order valence-corrected chi connectivity index (χ4v) is 4.52. The molecule has 2 N–H and O–H groups in total. The zero-order chi connectivity index (χ0) is 24.9. The van der Waals surface area contributed by atoms with Crippen molar-refractivity contribution in [1.82, 2.24) is 15.5 Å². The van der Waals surface area contributed by atoms with Crippen molar-refractivity contribution < 1.29 is 23.8 Å². The summed E-state index contributed by atoms with van der Waals surface area (Å²) in [5, 5.41) is 6.00. The SMILES string of the molecule is COc1ccc2cc1OCC(=O)NCc1ccc(cc1)O[C@H]1CN(Cc3ccccc3)C[C@@H]1NC2=O. The number of likely N-dealkylation sites (tertiary alicyclic amines) is 1. The lowest BCUT2D eigenvalue weighted by Gasteiger charge is -2.21. The molecule has 8 nitrogen and oxygen atoms in total. The molecule has 3 aromatic carbocycles. The molecule has 0 radical (unpaired) electrons. The number of benzene rings is 3. The lowest BCUT2D eigenvalue weighted by atomic mass is 10.1. The molecule has 36 heavy (non-hydrogen) atoms. The predicted molar refractivity (Wildman–Crippen MR) is 134 cm³/mol. The Morgan fingerprint density at radius 1 is 1.00 bits per heavy atom. The van der Waals surface area contributed by atoms with E-state index in [0.29, 0.717) is 36.7 Å². The van der Waals surface area contributed by atoms with Crippen LogP contribution in [0.15, 0.2) is 72.8 Å². The molecule has 186 valence electrons. The number of nitrogens with one attached hydrogen (secondary N) is 2. The standard InChI is InChI=1S/C28H29N3O5/c1-34-24-12-9-21-13-25(24)35-18-27(32)29-14-19-7-10-22(11-8-19)36-26-17-31(16-23(26)30-28(21)33)15-20-5-3-2-4-6-20/h2-13,23,26H,14-18H2,1H3,(H,29,32)(H,30,33)/t23-,26-/m0/s1. The molecule has 2 atom stereocenters. The molecule has 8 heteroatoms. The summed E-state index contributed by atoms with van der Waals surface area (Å²) in [6.45, 7) is 2.28. The lowest BCUT2D eigenvalue weighted by Crippen LogP contribution is -2.45. The van der Waals surface area contributed by atoms with Gasteiger partial charge in [-0.3, -0.25) is 14.5 Å². The highest BCUT2D eigenvalue weighted by Gasteiger charge is 2.36. The Bertz CT molecular complexity index is 1220. The van der Waals surface area contributed by atoms with Crippen LogP contribution in [0.5, 0.6) is 17.2 Å². The largest absolute Gasteiger partial charge is 0.493 e. The normalized spacial score (nSPS) is 20.4. The van der Waals surface area contributed by atoms with Crippen LogP contribution in [0.4, 0.5) is 0 Å². The minimum atomic E-state index is -0.274. The molecule has 0 aromatic heterocycles. The van der Waals surface area contributed by atoms with E-state index in [-0.39, 0.29) is 30.6 Å². The van der Waals surface area contributed by atoms with Crippen LogP contribution in [-0.2, 0) is 17.9 Å². The zero-order valence-electron chi connectivity index (χ0n) is 20.1. The first-order valence-corrected chi connectivity index (χ1v) is 12.0. The third-order valence-corrected chi connectivity index (χ3v) is 6.39. The van der Waals surface area contributed by atoms with E-state index >= 15 is 0 Å². The highest BCUT2D eigenvalue weighted by Crippen LogP contribution is 2.29. The average Bonchev–Trinajstić information content (AvgIpc) is 3.26. The number of methoxy groups -OCH3 is 1. The van der Waals surface area contributed by atoms with Gasteiger partial charge in [0.05, 0.1) is 13.2 Å². The van der Waals surface area contributed by atoms with Crippen LogP contribution in [0.1, 0.15) is 21.5 Å². The second-order valence-electron chi connectivity index (χ2n) is 8.99. The van der Waals surface area contributed by atoms with Crippen LogP contribution in [-0.4, -0.2) is 55.7 Å². The van der Waals surface area contributed by atoms with Crippen LogP contribution in [0.25, 0.3) is 0 Å². The number of carbonyl (C=O) groups excluding carboxylic acids is 2. The third-order valence-electron chi connectivity index (χ3n) is 6.39. The number of rotatable bonds is 3. The maximum Gasteiger partial charge on any atom is 0.258 e. The second kappa shape index (κ2) is 10.7. The summed E-state index contributed by atoms with van der Waals surface area (Å²) < 4.78 is 17.4. The molecule has 3 heterocycles. The molecule has 4 bridgehead atoms. The molecular formula is C28H29N3O5. The Labute approximate surface area is 210 Å². The van der Waals surface area contributed by atoms with E-state index in [0.717, 1.165) is 17.9 Å². The number of fused-ring (bicyclic) bond motifs is 7. The molecule has 3 aliphatic heterocycles. The second-order valence-corrected chi connectivity index (χ2v) is 8.99. The first-order chi connectivity index (χ1) is 17.6. The first kappa shape index (κ1) is 23.7. The van der Waals surface area contributed by atoms with Crippen LogP contribution in [0, 0.1) is 0 Å². The maximum absolute atomic E-state index is 13.3. The van der Waals surface area contributed by atoms with Gasteiger partial charge in [-0.05, 0) is 41.5 Å². The Balaban J connectivity index is 1.42. The molecule has 6 rings (SSSR count). The Morgan fingerprint density at radius 3 is 2.58 bits per heavy atom. The van der Waals surface area contributed by atoms with Gasteiger partial charge in [0.2, 0.25) is 0 Å². The van der Waals surface area contributed by atoms with Crippen molar-refractivity contribution in [1.29, 1.82) is 0 Å².